The number of hydrogen-bond donors (Lipinski definition) is 3. The Labute approximate surface area is 406 Å². The van der Waals surface area contributed by atoms with E-state index in [1.165, 1.54) is 44.5 Å². The maximum absolute atomic E-state index is 5.46. The molecule has 8 heteroatoms. The standard InChI is InChI=1S/C62H48N8/c1-37-29-53-54(30-38(37)2)64-34-42-22-26-58(68-42)62(51-19-11-7-15-47(51)48-16-8-12-20-52(48)62)60-28-24-44(70-60)36-66-56-32-40(4)39(3)31-55(56)65-35-43-23-27-59(69-43)61(57-25-21-41(67-57)33-63-53)49-17-9-5-13-45(49)46-14-6-10-18-50(46)61/h5-27,29-36,67-69H,28H2,1-4H3. The summed E-state index contributed by atoms with van der Waals surface area (Å²) in [5.41, 5.74) is 23.6. The minimum Gasteiger partial charge on any atom is -0.356 e. The molecule has 70 heavy (non-hydrogen) atoms. The largest absolute Gasteiger partial charge is 0.356 e. The third-order valence-corrected chi connectivity index (χ3v) is 15.0. The van der Waals surface area contributed by atoms with Gasteiger partial charge in [-0.15, -0.1) is 0 Å². The fourth-order valence-electron chi connectivity index (χ4n) is 11.4. The Kier molecular flexibility index (Phi) is 9.43. The molecule has 8 bridgehead atoms. The number of aromatic amines is 3. The number of aliphatic imine (C=N–C) groups is 5. The number of nitrogens with one attached hydrogen (secondary N) is 3. The van der Waals surface area contributed by atoms with Crippen LogP contribution in [0.15, 0.2) is 194 Å². The summed E-state index contributed by atoms with van der Waals surface area (Å²) in [6.07, 6.45) is 10.5. The molecule has 0 saturated heterocycles. The first-order valence-electron chi connectivity index (χ1n) is 23.9. The maximum atomic E-state index is 5.46. The van der Waals surface area contributed by atoms with E-state index in [9.17, 15) is 0 Å². The quantitative estimate of drug-likeness (QED) is 0.135. The Bertz CT molecular complexity index is 3730. The number of benzene rings is 6. The Balaban J connectivity index is 1.00. The predicted octanol–water partition coefficient (Wildman–Crippen LogP) is 14.3. The highest BCUT2D eigenvalue weighted by Gasteiger charge is 2.50. The van der Waals surface area contributed by atoms with Gasteiger partial charge in [-0.1, -0.05) is 103 Å². The summed E-state index contributed by atoms with van der Waals surface area (Å²) in [5, 5.41) is 0. The Morgan fingerprint density at radius 1 is 0.371 bits per heavy atom. The molecular formula is C62H48N8. The van der Waals surface area contributed by atoms with Crippen LogP contribution in [-0.2, 0) is 10.8 Å². The Morgan fingerprint density at radius 2 is 0.700 bits per heavy atom. The molecule has 2 aliphatic carbocycles. The van der Waals surface area contributed by atoms with Gasteiger partial charge >= 0.3 is 0 Å². The molecule has 0 amide bonds. The highest BCUT2D eigenvalue weighted by atomic mass is 14.9. The molecule has 0 radical (unpaired) electrons. The van der Waals surface area contributed by atoms with E-state index < -0.39 is 10.8 Å². The smallest absolute Gasteiger partial charge is 0.101 e. The van der Waals surface area contributed by atoms with Crippen LogP contribution >= 0.6 is 0 Å². The molecule has 13 rings (SSSR count). The van der Waals surface area contributed by atoms with Gasteiger partial charge in [-0.25, -0.2) is 0 Å². The summed E-state index contributed by atoms with van der Waals surface area (Å²) >= 11 is 0. The molecule has 3 N–H and O–H groups in total. The average Bonchev–Trinajstić information content (AvgIpc) is 4.26. The zero-order chi connectivity index (χ0) is 47.1. The van der Waals surface area contributed by atoms with Crippen molar-refractivity contribution in [2.45, 2.75) is 44.9 Å². The number of rotatable bonds is 0. The van der Waals surface area contributed by atoms with Crippen LogP contribution in [0.3, 0.4) is 0 Å². The van der Waals surface area contributed by atoms with E-state index in [1.54, 1.807) is 0 Å². The summed E-state index contributed by atoms with van der Waals surface area (Å²) < 4.78 is 0. The van der Waals surface area contributed by atoms with E-state index in [0.717, 1.165) is 90.6 Å². The van der Waals surface area contributed by atoms with Crippen molar-refractivity contribution >= 4 is 53.3 Å². The zero-order valence-corrected chi connectivity index (χ0v) is 39.3. The number of H-pyrrole nitrogens is 3. The fraction of sp³-hybridized carbons (Fsp3) is 0.113. The first-order chi connectivity index (χ1) is 34.3. The van der Waals surface area contributed by atoms with Gasteiger partial charge in [-0.3, -0.25) is 25.0 Å². The van der Waals surface area contributed by atoms with E-state index in [0.29, 0.717) is 6.42 Å². The number of hydrogen-bond acceptors (Lipinski definition) is 5. The summed E-state index contributed by atoms with van der Waals surface area (Å²) in [5.74, 6) is 0. The van der Waals surface area contributed by atoms with Gasteiger partial charge < -0.3 is 15.0 Å². The summed E-state index contributed by atoms with van der Waals surface area (Å²) in [6, 6.07) is 56.4. The first-order valence-corrected chi connectivity index (χ1v) is 23.9. The minimum atomic E-state index is -0.674. The van der Waals surface area contributed by atoms with Crippen molar-refractivity contribution in [2.24, 2.45) is 25.0 Å². The van der Waals surface area contributed by atoms with Crippen LogP contribution in [0.2, 0.25) is 0 Å². The normalized spacial score (nSPS) is 15.5. The second-order valence-corrected chi connectivity index (χ2v) is 18.9. The lowest BCUT2D eigenvalue weighted by molar-refractivity contribution is 0.717. The molecule has 5 heterocycles. The van der Waals surface area contributed by atoms with Crippen molar-refractivity contribution in [1.82, 2.24) is 15.0 Å². The number of aromatic nitrogens is 3. The average molecular weight is 905 g/mol. The Hall–Kier alpha value is -8.75. The lowest BCUT2D eigenvalue weighted by Gasteiger charge is -2.32. The molecule has 0 fully saturated rings. The minimum absolute atomic E-state index is 0.655. The first kappa shape index (κ1) is 41.4. The van der Waals surface area contributed by atoms with Gasteiger partial charge in [0, 0.05) is 29.2 Å². The zero-order valence-electron chi connectivity index (χ0n) is 39.3. The van der Waals surface area contributed by atoms with Crippen LogP contribution in [0.5, 0.6) is 0 Å². The van der Waals surface area contributed by atoms with Crippen LogP contribution in [0.25, 0.3) is 22.3 Å². The SMILES string of the molecule is Cc1cc2c(cc1C)N=Cc1ccc([nH]1)C1(c3ccc([nH]3)C=Nc3cc(C)c(C)cc3N=Cc3ccc([nH]3)C3(C4=NC(=CC4)C=N2)c2ccccc2-c2ccccc23)c2ccccc2-c2ccccc21. The van der Waals surface area contributed by atoms with Crippen molar-refractivity contribution in [1.29, 1.82) is 0 Å². The number of nitrogens with zero attached hydrogens (tertiary/aromatic N) is 5. The van der Waals surface area contributed by atoms with E-state index in [1.807, 2.05) is 24.9 Å². The van der Waals surface area contributed by atoms with Gasteiger partial charge in [0.1, 0.15) is 5.41 Å². The number of allylic oxidation sites excluding steroid dienone is 2. The van der Waals surface area contributed by atoms with E-state index >= 15 is 0 Å². The third-order valence-electron chi connectivity index (χ3n) is 15.0. The molecule has 0 atom stereocenters. The monoisotopic (exact) mass is 904 g/mol. The van der Waals surface area contributed by atoms with Gasteiger partial charge in [0.2, 0.25) is 0 Å². The molecule has 8 nitrogen and oxygen atoms in total. The fourth-order valence-corrected chi connectivity index (χ4v) is 11.4. The van der Waals surface area contributed by atoms with Crippen molar-refractivity contribution in [3.05, 3.63) is 248 Å². The molecule has 0 unspecified atom stereocenters. The van der Waals surface area contributed by atoms with Crippen molar-refractivity contribution in [3.63, 3.8) is 0 Å². The van der Waals surface area contributed by atoms with Gasteiger partial charge in [0.05, 0.1) is 75.8 Å². The summed E-state index contributed by atoms with van der Waals surface area (Å²) in [6.45, 7) is 8.49. The molecular weight excluding hydrogens is 857 g/mol. The lowest BCUT2D eigenvalue weighted by Crippen LogP contribution is -2.36. The molecule has 336 valence electrons. The van der Waals surface area contributed by atoms with E-state index in [2.05, 4.69) is 206 Å². The molecule has 2 spiro atoms. The Morgan fingerprint density at radius 3 is 1.09 bits per heavy atom. The van der Waals surface area contributed by atoms with Crippen LogP contribution in [0, 0.1) is 27.7 Å². The molecule has 9 aromatic rings. The highest BCUT2D eigenvalue weighted by molar-refractivity contribution is 6.11. The predicted molar refractivity (Wildman–Crippen MR) is 287 cm³/mol. The number of aryl methyl sites for hydroxylation is 4. The second-order valence-electron chi connectivity index (χ2n) is 18.9. The van der Waals surface area contributed by atoms with Gasteiger partial charge in [-0.2, -0.15) is 0 Å². The molecule has 2 aliphatic heterocycles. The van der Waals surface area contributed by atoms with Crippen molar-refractivity contribution in [2.75, 3.05) is 0 Å². The van der Waals surface area contributed by atoms with Crippen LogP contribution in [0.1, 0.15) is 85.1 Å². The van der Waals surface area contributed by atoms with Crippen molar-refractivity contribution in [3.8, 4) is 22.3 Å². The molecule has 4 aliphatic rings. The highest BCUT2D eigenvalue weighted by Crippen LogP contribution is 2.56. The molecule has 0 saturated carbocycles. The van der Waals surface area contributed by atoms with Crippen molar-refractivity contribution < 1.29 is 0 Å². The summed E-state index contributed by atoms with van der Waals surface area (Å²) in [7, 11) is 0. The summed E-state index contributed by atoms with van der Waals surface area (Å²) in [4.78, 5) is 37.6. The third kappa shape index (κ3) is 6.26. The van der Waals surface area contributed by atoms with Gasteiger partial charge in [0.15, 0.2) is 0 Å². The van der Waals surface area contributed by atoms with Crippen LogP contribution < -0.4 is 0 Å². The van der Waals surface area contributed by atoms with Crippen LogP contribution in [0.4, 0.5) is 22.7 Å². The van der Waals surface area contributed by atoms with Gasteiger partial charge in [0.25, 0.3) is 0 Å². The lowest BCUT2D eigenvalue weighted by atomic mass is 9.71. The second kappa shape index (κ2) is 15.9. The van der Waals surface area contributed by atoms with Gasteiger partial charge in [-0.05, 0) is 155 Å². The molecule has 3 aromatic heterocycles. The topological polar surface area (TPSA) is 109 Å². The van der Waals surface area contributed by atoms with E-state index in [4.69, 9.17) is 25.0 Å². The number of fused-ring (bicyclic) bond motifs is 23. The van der Waals surface area contributed by atoms with Crippen LogP contribution in [-0.4, -0.2) is 45.5 Å². The van der Waals surface area contributed by atoms with E-state index in [-0.39, 0.29) is 0 Å². The maximum Gasteiger partial charge on any atom is 0.101 e. The molecule has 6 aromatic carbocycles.